The molecule has 8 nitrogen and oxygen atoms in total. The maximum Gasteiger partial charge on any atom is 0.245 e. The van der Waals surface area contributed by atoms with E-state index in [1.807, 2.05) is 0 Å². The van der Waals surface area contributed by atoms with Gasteiger partial charge in [-0.15, -0.1) is 0 Å². The second-order valence-corrected chi connectivity index (χ2v) is 12.1. The summed E-state index contributed by atoms with van der Waals surface area (Å²) in [6, 6.07) is 4.66. The van der Waals surface area contributed by atoms with E-state index in [1.54, 1.807) is 26.0 Å². The Hall–Kier alpha value is -1.97. The van der Waals surface area contributed by atoms with E-state index < -0.39 is 21.4 Å². The van der Waals surface area contributed by atoms with Crippen molar-refractivity contribution in [1.82, 2.24) is 10.3 Å². The number of hydrazone groups is 1. The van der Waals surface area contributed by atoms with Crippen LogP contribution in [0, 0.1) is 5.92 Å². The summed E-state index contributed by atoms with van der Waals surface area (Å²) >= 11 is 6.26. The molecule has 0 aromatic heterocycles. The molecule has 0 unspecified atom stereocenters. The lowest BCUT2D eigenvalue weighted by Crippen LogP contribution is -2.35. The van der Waals surface area contributed by atoms with E-state index in [4.69, 9.17) is 11.6 Å². The highest BCUT2D eigenvalue weighted by molar-refractivity contribution is 7.90. The molecule has 1 atom stereocenters. The maximum absolute atomic E-state index is 13.3. The van der Waals surface area contributed by atoms with E-state index >= 15 is 0 Å². The molecule has 33 heavy (non-hydrogen) atoms. The second-order valence-electron chi connectivity index (χ2n) is 9.69. The second kappa shape index (κ2) is 10.1. The quantitative estimate of drug-likeness (QED) is 0.600. The lowest BCUT2D eigenvalue weighted by Gasteiger charge is -2.21. The molecule has 1 aliphatic carbocycles. The van der Waals surface area contributed by atoms with Gasteiger partial charge in [-0.1, -0.05) is 43.4 Å². The Labute approximate surface area is 200 Å². The van der Waals surface area contributed by atoms with Gasteiger partial charge in [-0.2, -0.15) is 5.10 Å². The lowest BCUT2D eigenvalue weighted by atomic mass is 9.87. The molecule has 1 aliphatic heterocycles. The third-order valence-electron chi connectivity index (χ3n) is 6.06. The molecule has 1 fully saturated rings. The van der Waals surface area contributed by atoms with Crippen LogP contribution in [-0.2, 0) is 19.4 Å². The highest BCUT2D eigenvalue weighted by Crippen LogP contribution is 2.36. The van der Waals surface area contributed by atoms with E-state index in [2.05, 4.69) is 10.4 Å². The Balaban J connectivity index is 1.79. The number of aliphatic hydroxyl groups is 1. The van der Waals surface area contributed by atoms with E-state index in [0.717, 1.165) is 31.9 Å². The Morgan fingerprint density at radius 1 is 1.30 bits per heavy atom. The maximum atomic E-state index is 13.3. The topological polar surface area (TPSA) is 116 Å². The molecular formula is C23H32ClN3O5S. The molecular weight excluding hydrogens is 466 g/mol. The first-order valence-electron chi connectivity index (χ1n) is 11.2. The first-order chi connectivity index (χ1) is 15.3. The van der Waals surface area contributed by atoms with Gasteiger partial charge in [0.05, 0.1) is 34.4 Å². The molecule has 1 heterocycles. The third kappa shape index (κ3) is 7.01. The van der Waals surface area contributed by atoms with Crippen molar-refractivity contribution in [3.8, 4) is 0 Å². The average molecular weight is 498 g/mol. The van der Waals surface area contributed by atoms with Gasteiger partial charge in [0.2, 0.25) is 11.8 Å². The number of nitrogens with one attached hydrogen (secondary N) is 1. The fourth-order valence-electron chi connectivity index (χ4n) is 4.42. The zero-order chi connectivity index (χ0) is 24.4. The normalized spacial score (nSPS) is 18.3. The minimum absolute atomic E-state index is 0.0362. The molecule has 2 aliphatic rings. The number of rotatable bonds is 7. The zero-order valence-electron chi connectivity index (χ0n) is 19.3. The molecule has 3 rings (SSSR count). The number of nitrogens with zero attached hydrogens (tertiary/aromatic N) is 2. The Kier molecular flexibility index (Phi) is 7.86. The van der Waals surface area contributed by atoms with E-state index in [9.17, 15) is 23.1 Å². The van der Waals surface area contributed by atoms with Crippen molar-refractivity contribution in [2.45, 2.75) is 75.2 Å². The molecule has 2 amide bonds. The summed E-state index contributed by atoms with van der Waals surface area (Å²) in [5.41, 5.74) is -0.479. The molecule has 1 aromatic carbocycles. The van der Waals surface area contributed by atoms with Crippen LogP contribution in [0.2, 0.25) is 5.02 Å². The fourth-order valence-corrected chi connectivity index (χ4v) is 5.76. The minimum Gasteiger partial charge on any atom is -0.390 e. The van der Waals surface area contributed by atoms with Crippen molar-refractivity contribution < 1.29 is 23.1 Å². The summed E-state index contributed by atoms with van der Waals surface area (Å²) < 4.78 is 23.8. The largest absolute Gasteiger partial charge is 0.390 e. The lowest BCUT2D eigenvalue weighted by molar-refractivity contribution is -0.134. The van der Waals surface area contributed by atoms with Crippen LogP contribution in [0.1, 0.15) is 70.3 Å². The molecule has 182 valence electrons. The van der Waals surface area contributed by atoms with Gasteiger partial charge in [-0.25, -0.2) is 13.4 Å². The number of halogens is 1. The van der Waals surface area contributed by atoms with Crippen LogP contribution in [0.3, 0.4) is 0 Å². The Morgan fingerprint density at radius 3 is 2.55 bits per heavy atom. The summed E-state index contributed by atoms with van der Waals surface area (Å²) in [6.07, 6.45) is 6.46. The summed E-state index contributed by atoms with van der Waals surface area (Å²) in [5.74, 6) is -0.259. The first-order valence-corrected chi connectivity index (χ1v) is 13.5. The van der Waals surface area contributed by atoms with E-state index in [0.29, 0.717) is 36.7 Å². The van der Waals surface area contributed by atoms with Gasteiger partial charge in [-0.3, -0.25) is 9.59 Å². The van der Waals surface area contributed by atoms with Crippen LogP contribution in [0.4, 0.5) is 0 Å². The fraction of sp³-hybridized carbons (Fsp3) is 0.609. The van der Waals surface area contributed by atoms with Crippen LogP contribution in [0.5, 0.6) is 0 Å². The third-order valence-corrected chi connectivity index (χ3v) is 7.64. The predicted molar refractivity (Wildman–Crippen MR) is 127 cm³/mol. The van der Waals surface area contributed by atoms with Gasteiger partial charge in [-0.05, 0) is 43.9 Å². The highest BCUT2D eigenvalue weighted by atomic mass is 35.5. The number of benzene rings is 1. The summed E-state index contributed by atoms with van der Waals surface area (Å²) in [6.45, 7) is 3.45. The molecule has 10 heteroatoms. The predicted octanol–water partition coefficient (Wildman–Crippen LogP) is 3.23. The number of amides is 2. The number of hydrogen-bond acceptors (Lipinski definition) is 6. The standard InChI is InChI=1S/C23H32ClN3O5S/c1-23(2,30)14-21(28)27-11-10-20(26-27)25-22(29)17(12-15-6-4-5-7-15)16-8-9-19(18(24)13-16)33(3,31)32/h8-9,13,15,17,30H,4-7,10-12,14H2,1-3H3,(H,25,26,29)/t17-/m1/s1. The molecule has 1 aromatic rings. The van der Waals surface area contributed by atoms with Gasteiger partial charge in [0.25, 0.3) is 0 Å². The molecule has 2 N–H and O–H groups in total. The Morgan fingerprint density at radius 2 is 1.97 bits per heavy atom. The van der Waals surface area contributed by atoms with Gasteiger partial charge in [0.1, 0.15) is 5.84 Å². The van der Waals surface area contributed by atoms with Crippen molar-refractivity contribution in [2.24, 2.45) is 11.0 Å². The Bertz CT molecular complexity index is 1040. The number of sulfone groups is 1. The van der Waals surface area contributed by atoms with Crippen LogP contribution in [-0.4, -0.2) is 54.6 Å². The van der Waals surface area contributed by atoms with E-state index in [1.165, 1.54) is 11.1 Å². The van der Waals surface area contributed by atoms with Gasteiger partial charge in [0, 0.05) is 12.7 Å². The van der Waals surface area contributed by atoms with Gasteiger partial charge >= 0.3 is 0 Å². The first kappa shape index (κ1) is 25.6. The zero-order valence-corrected chi connectivity index (χ0v) is 20.9. The molecule has 0 saturated heterocycles. The molecule has 0 spiro atoms. The molecule has 1 saturated carbocycles. The smallest absolute Gasteiger partial charge is 0.245 e. The van der Waals surface area contributed by atoms with Crippen LogP contribution in [0.25, 0.3) is 0 Å². The van der Waals surface area contributed by atoms with Crippen molar-refractivity contribution >= 4 is 39.1 Å². The monoisotopic (exact) mass is 497 g/mol. The number of hydrogen-bond donors (Lipinski definition) is 2. The van der Waals surface area contributed by atoms with Gasteiger partial charge in [0.15, 0.2) is 9.84 Å². The SMILES string of the molecule is CC(C)(O)CC(=O)N1CCC(NC(=O)[C@H](CC2CCCC2)c2ccc(S(C)(=O)=O)c(Cl)c2)=N1. The van der Waals surface area contributed by atoms with Gasteiger partial charge < -0.3 is 10.4 Å². The van der Waals surface area contributed by atoms with Crippen molar-refractivity contribution in [1.29, 1.82) is 0 Å². The van der Waals surface area contributed by atoms with Crippen molar-refractivity contribution in [2.75, 3.05) is 12.8 Å². The number of amidine groups is 1. The van der Waals surface area contributed by atoms with E-state index in [-0.39, 0.29) is 28.2 Å². The average Bonchev–Trinajstić information content (AvgIpc) is 3.35. The van der Waals surface area contributed by atoms with Crippen molar-refractivity contribution in [3.63, 3.8) is 0 Å². The summed E-state index contributed by atoms with van der Waals surface area (Å²) in [4.78, 5) is 25.6. The van der Waals surface area contributed by atoms with Crippen molar-refractivity contribution in [3.05, 3.63) is 28.8 Å². The van der Waals surface area contributed by atoms with Crippen LogP contribution in [0.15, 0.2) is 28.2 Å². The molecule has 0 radical (unpaired) electrons. The van der Waals surface area contributed by atoms with Crippen LogP contribution >= 0.6 is 11.6 Å². The highest BCUT2D eigenvalue weighted by Gasteiger charge is 2.31. The summed E-state index contributed by atoms with van der Waals surface area (Å²) in [7, 11) is -3.47. The number of carbonyl (C=O) groups is 2. The summed E-state index contributed by atoms with van der Waals surface area (Å²) in [5, 5.41) is 18.3. The van der Waals surface area contributed by atoms with Crippen LogP contribution < -0.4 is 5.32 Å². The number of carbonyl (C=O) groups excluding carboxylic acids is 2. The molecule has 0 bridgehead atoms. The minimum atomic E-state index is -3.47.